The zero-order valence-corrected chi connectivity index (χ0v) is 58.4. The number of nitrogens with zero attached hydrogens (tertiary/aromatic N) is 7. The molecule has 0 radical (unpaired) electrons. The molecule has 0 bridgehead atoms. The van der Waals surface area contributed by atoms with Gasteiger partial charge in [0.25, 0.3) is 0 Å². The molecular weight excluding hydrogens is 1470 g/mol. The maximum absolute atomic E-state index is 12.8. The van der Waals surface area contributed by atoms with Crippen LogP contribution in [-0.2, 0) is 7.05 Å². The highest BCUT2D eigenvalue weighted by atomic mass is 35.5. The van der Waals surface area contributed by atoms with E-state index in [2.05, 4.69) is 0 Å². The lowest BCUT2D eigenvalue weighted by atomic mass is 10.2. The number of aryl methyl sites for hydroxylation is 3. The number of aromatic nitrogens is 7. The molecule has 0 N–H and O–H groups in total. The third-order valence-corrected chi connectivity index (χ3v) is 24.3. The molecule has 0 amide bonds. The Balaban J connectivity index is 0.000000152. The topological polar surface area (TPSA) is 273 Å². The lowest BCUT2D eigenvalue weighted by Crippen LogP contribution is -2.21. The van der Waals surface area contributed by atoms with E-state index in [1.165, 1.54) is 43.5 Å². The molecule has 6 aromatic carbocycles. The van der Waals surface area contributed by atoms with Crippen molar-refractivity contribution in [2.45, 2.75) is 20.8 Å². The number of rotatable bonds is 6. The zero-order chi connectivity index (χ0) is 66.1. The number of para-hydroxylation sites is 1. The first kappa shape index (κ1) is 71.0. The molecule has 0 spiro atoms. The van der Waals surface area contributed by atoms with Crippen LogP contribution in [-0.4, -0.2) is 32.0 Å². The van der Waals surface area contributed by atoms with Gasteiger partial charge in [-0.3, -0.25) is 71.7 Å². The summed E-state index contributed by atoms with van der Waals surface area (Å²) in [6, 6.07) is 42.8. The monoisotopic (exact) mass is 1510 g/mol. The van der Waals surface area contributed by atoms with Crippen LogP contribution in [0.4, 0.5) is 4.39 Å². The summed E-state index contributed by atoms with van der Waals surface area (Å²) in [6.45, 7) is 5.84. The highest BCUT2D eigenvalue weighted by Gasteiger charge is 2.11. The molecule has 7 aromatic heterocycles. The smallest absolute Gasteiger partial charge is 0.259 e. The van der Waals surface area contributed by atoms with Gasteiger partial charge in [-0.05, 0) is 262 Å². The molecule has 0 aliphatic carbocycles. The summed E-state index contributed by atoms with van der Waals surface area (Å²) in [4.78, 5) is 153. The summed E-state index contributed by atoms with van der Waals surface area (Å²) in [5.74, 6) is -0.468. The van der Waals surface area contributed by atoms with E-state index >= 15 is 0 Å². The average molecular weight is 1510 g/mol. The summed E-state index contributed by atoms with van der Waals surface area (Å²) < 4.78 is 20.7. The molecule has 0 unspecified atom stereocenters. The fourth-order valence-electron chi connectivity index (χ4n) is 6.78. The maximum Gasteiger partial charge on any atom is 0.325 e. The van der Waals surface area contributed by atoms with E-state index in [1.54, 1.807) is 78.9 Å². The largest absolute Gasteiger partial charge is 0.325 e. The van der Waals surface area contributed by atoms with Gasteiger partial charge in [-0.15, -0.1) is 0 Å². The van der Waals surface area contributed by atoms with Gasteiger partial charge in [0.05, 0.1) is 34.1 Å². The van der Waals surface area contributed by atoms with Crippen LogP contribution in [0.15, 0.2) is 219 Å². The third-order valence-electron chi connectivity index (χ3n) is 11.0. The second kappa shape index (κ2) is 33.8. The van der Waals surface area contributed by atoms with Crippen molar-refractivity contribution < 1.29 is 4.39 Å². The molecule has 37 heteroatoms. The molecule has 0 aliphatic rings. The SMILES string of the molecule is Cc1ccc(-n2c(=O)ssc2=O)cc1.Cc1ccc(-n2c(=O)ssc2=O)cc1.Cc1cccc(-n2c(=O)ssc2=O)c1.Cn1c(=O)ssc1=O.O=c1ssc(=O)n1-c1ccc(Cl)cc1.O=c1ssc(=O)n1-c1cccc(F)c1.O=c1ssc(=O)n1-c1ccccc1. The first-order chi connectivity index (χ1) is 43.4. The van der Waals surface area contributed by atoms with Crippen molar-refractivity contribution in [3.8, 4) is 34.1 Å². The fraction of sp³-hybridized carbons (Fsp3) is 0.0741. The molecule has 470 valence electrons. The predicted molar refractivity (Wildman–Crippen MR) is 377 cm³/mol. The van der Waals surface area contributed by atoms with Gasteiger partial charge in [0.15, 0.2) is 0 Å². The van der Waals surface area contributed by atoms with E-state index in [4.69, 9.17) is 11.6 Å². The zero-order valence-electron chi connectivity index (χ0n) is 46.3. The molecule has 0 fully saturated rings. The van der Waals surface area contributed by atoms with Crippen molar-refractivity contribution in [3.63, 3.8) is 0 Å². The lowest BCUT2D eigenvalue weighted by Gasteiger charge is -1.99. The van der Waals surface area contributed by atoms with Crippen molar-refractivity contribution in [1.82, 2.24) is 32.0 Å². The van der Waals surface area contributed by atoms with E-state index in [-0.39, 0.29) is 73.9 Å². The van der Waals surface area contributed by atoms with Crippen LogP contribution in [0, 0.1) is 26.6 Å². The number of halogens is 2. The van der Waals surface area contributed by atoms with E-state index in [0.29, 0.717) is 33.5 Å². The number of benzene rings is 6. The van der Waals surface area contributed by atoms with Crippen molar-refractivity contribution >= 4 is 156 Å². The normalized spacial score (nSPS) is 10.3. The average Bonchev–Trinajstić information content (AvgIpc) is 3.06. The lowest BCUT2D eigenvalue weighted by molar-refractivity contribution is 0.626. The minimum absolute atomic E-state index is 0.181. The Bertz CT molecular complexity index is 4920. The molecular formula is C54H37ClFN7O14S14. The maximum atomic E-state index is 12.8. The Hall–Kier alpha value is -7.40. The molecule has 0 aliphatic heterocycles. The number of hydrogen-bond acceptors (Lipinski definition) is 28. The van der Waals surface area contributed by atoms with Crippen molar-refractivity contribution in [2.24, 2.45) is 7.05 Å². The van der Waals surface area contributed by atoms with Gasteiger partial charge in [0.2, 0.25) is 0 Å². The van der Waals surface area contributed by atoms with Crippen LogP contribution >= 0.6 is 156 Å². The molecule has 91 heavy (non-hydrogen) atoms. The quantitative estimate of drug-likeness (QED) is 0.140. The van der Waals surface area contributed by atoms with Crippen LogP contribution in [0.1, 0.15) is 16.7 Å². The minimum atomic E-state index is -0.468. The summed E-state index contributed by atoms with van der Waals surface area (Å²) in [5, 5.41) is 0.577. The fourth-order valence-corrected chi connectivity index (χ4v) is 18.2. The van der Waals surface area contributed by atoms with Gasteiger partial charge in [0.1, 0.15) is 5.82 Å². The first-order valence-electron chi connectivity index (χ1n) is 24.7. The molecule has 0 saturated heterocycles. The van der Waals surface area contributed by atoms with Crippen LogP contribution in [0.5, 0.6) is 0 Å². The van der Waals surface area contributed by atoms with E-state index in [0.717, 1.165) is 181 Å². The summed E-state index contributed by atoms with van der Waals surface area (Å²) in [7, 11) is 14.7. The van der Waals surface area contributed by atoms with Crippen LogP contribution in [0.2, 0.25) is 5.02 Å². The molecule has 13 rings (SSSR count). The molecule has 0 saturated carbocycles. The Morgan fingerprint density at radius 1 is 0.264 bits per heavy atom. The van der Waals surface area contributed by atoms with Crippen molar-refractivity contribution in [3.05, 3.63) is 315 Å². The van der Waals surface area contributed by atoms with Gasteiger partial charge in [0, 0.05) is 12.1 Å². The standard InChI is InChI=1S/3C9H7NO2S2.C8H4ClNO2S2.C8H4FNO2S2.C8H5NO2S2.C3H3NO2S2/c2*1-6-2-4-7(5-3-6)10-8(11)13-14-9(10)12;1-6-3-2-4-7(5-6)10-8(11)13-14-9(10)12;9-5-1-3-6(4-2-5)10-7(11)13-14-8(10)12;9-5-2-1-3-6(4-5)10-7(11)13-14-8(10)12;10-7-9(8(11)13-12-7)6-4-2-1-3-5-6;1-4-2(5)7-8-3(4)6/h3*2-5H,1H3;2*1-4H;1-5H;1H3. The third kappa shape index (κ3) is 19.6. The van der Waals surface area contributed by atoms with Crippen molar-refractivity contribution in [2.75, 3.05) is 0 Å². The van der Waals surface area contributed by atoms with Gasteiger partial charge < -0.3 is 0 Å². The van der Waals surface area contributed by atoms with Crippen LogP contribution < -0.4 is 68.2 Å². The first-order valence-corrected chi connectivity index (χ1v) is 40.1. The molecule has 0 atom stereocenters. The molecule has 7 heterocycles. The Kier molecular flexibility index (Phi) is 26.4. The molecule has 13 aromatic rings. The second-order valence-corrected chi connectivity index (χ2v) is 31.9. The summed E-state index contributed by atoms with van der Waals surface area (Å²) >= 11 is 5.69. The van der Waals surface area contributed by atoms with Gasteiger partial charge in [-0.25, -0.2) is 31.8 Å². The number of hydrogen-bond donors (Lipinski definition) is 0. The van der Waals surface area contributed by atoms with E-state index < -0.39 is 5.82 Å². The van der Waals surface area contributed by atoms with E-state index in [1.807, 2.05) is 69.3 Å². The molecule has 21 nitrogen and oxygen atoms in total. The van der Waals surface area contributed by atoms with Gasteiger partial charge in [-0.1, -0.05) is 83.4 Å². The minimum Gasteiger partial charge on any atom is -0.259 e. The Morgan fingerprint density at radius 2 is 0.505 bits per heavy atom. The van der Waals surface area contributed by atoms with Gasteiger partial charge >= 0.3 is 68.2 Å². The van der Waals surface area contributed by atoms with Crippen LogP contribution in [0.3, 0.4) is 0 Å². The van der Waals surface area contributed by atoms with Crippen LogP contribution in [0.25, 0.3) is 34.1 Å². The summed E-state index contributed by atoms with van der Waals surface area (Å²) in [5.41, 5.74) is 6.64. The summed E-state index contributed by atoms with van der Waals surface area (Å²) in [6.07, 6.45) is 0. The van der Waals surface area contributed by atoms with Gasteiger partial charge in [-0.2, -0.15) is 0 Å². The highest BCUT2D eigenvalue weighted by molar-refractivity contribution is 7.69. The predicted octanol–water partition coefficient (Wildman–Crippen LogP) is 9.51. The van der Waals surface area contributed by atoms with Crippen molar-refractivity contribution in [1.29, 1.82) is 0 Å². The second-order valence-electron chi connectivity index (χ2n) is 17.3. The van der Waals surface area contributed by atoms with E-state index in [9.17, 15) is 71.5 Å². The Morgan fingerprint density at radius 3 is 0.780 bits per heavy atom. The highest BCUT2D eigenvalue weighted by Crippen LogP contribution is 2.14. The Labute approximate surface area is 563 Å².